The van der Waals surface area contributed by atoms with Crippen LogP contribution < -0.4 is 51.4 Å². The molecule has 1 rings (SSSR count). The molecule has 0 saturated carbocycles. The molecule has 1 heterocycles. The third-order valence-electron chi connectivity index (χ3n) is 0.973. The molecule has 1 aliphatic rings. The molecule has 0 aromatic carbocycles. The summed E-state index contributed by atoms with van der Waals surface area (Å²) in [5.41, 5.74) is 0. The van der Waals surface area contributed by atoms with Gasteiger partial charge in [0, 0.05) is 5.33 Å². The quantitative estimate of drug-likeness (QED) is 0.287. The van der Waals surface area contributed by atoms with Crippen LogP contribution in [0.1, 0.15) is 8.35 Å². The van der Waals surface area contributed by atoms with Crippen LogP contribution in [-0.2, 0) is 14.3 Å². The molecule has 1 fully saturated rings. The van der Waals surface area contributed by atoms with Gasteiger partial charge in [-0.2, -0.15) is 0 Å². The maximum Gasteiger partial charge on any atom is 1.00 e. The molecule has 14 heavy (non-hydrogen) atoms. The first-order valence-electron chi connectivity index (χ1n) is 3.59. The van der Waals surface area contributed by atoms with Crippen molar-refractivity contribution < 1.29 is 77.0 Å². The molecule has 5 nitrogen and oxygen atoms in total. The number of carbonyl (C=O) groups is 2. The van der Waals surface area contributed by atoms with E-state index in [0.29, 0.717) is 6.10 Å². The summed E-state index contributed by atoms with van der Waals surface area (Å²) >= 11 is 3.25. The maximum atomic E-state index is 9.96. The Bertz CT molecular complexity index is 174. The summed E-state index contributed by atoms with van der Waals surface area (Å²) < 4.78 is 8.68. The van der Waals surface area contributed by atoms with Crippen molar-refractivity contribution in [2.75, 3.05) is 18.5 Å². The fourth-order valence-corrected chi connectivity index (χ4v) is 0.694. The number of halogens is 1. The molecule has 0 aliphatic carbocycles. The Morgan fingerprint density at radius 1 is 1.71 bits per heavy atom. The van der Waals surface area contributed by atoms with E-state index >= 15 is 0 Å². The second-order valence-electron chi connectivity index (χ2n) is 2.37. The molecular formula is C7H12BrKO5. The van der Waals surface area contributed by atoms with Crippen LogP contribution in [-0.4, -0.2) is 41.7 Å². The molecule has 1 aliphatic heterocycles. The van der Waals surface area contributed by atoms with E-state index in [-0.39, 0.29) is 65.2 Å². The van der Waals surface area contributed by atoms with E-state index in [0.717, 1.165) is 11.9 Å². The summed E-state index contributed by atoms with van der Waals surface area (Å²) in [4.78, 5) is 19.5. The summed E-state index contributed by atoms with van der Waals surface area (Å²) in [5.74, 6) is -0.299. The molecule has 0 aromatic heterocycles. The van der Waals surface area contributed by atoms with Gasteiger partial charge in [0.25, 0.3) is 0 Å². The molecule has 1 unspecified atom stereocenters. The Morgan fingerprint density at radius 2 is 2.21 bits per heavy atom. The van der Waals surface area contributed by atoms with Crippen LogP contribution in [0.4, 0.5) is 4.79 Å². The van der Waals surface area contributed by atoms with Gasteiger partial charge < -0.3 is 16.0 Å². The van der Waals surface area contributed by atoms with Gasteiger partial charge in [-0.3, -0.25) is 4.79 Å². The molecule has 0 aromatic rings. The minimum atomic E-state index is -1.42. The second kappa shape index (κ2) is 10.5. The van der Waals surface area contributed by atoms with Crippen LogP contribution in [0, 0.1) is 0 Å². The van der Waals surface area contributed by atoms with Crippen molar-refractivity contribution >= 4 is 27.9 Å². The summed E-state index contributed by atoms with van der Waals surface area (Å²) in [6.45, 7) is 1.86. The number of ketones is 1. The average molecular weight is 295 g/mol. The Labute approximate surface area is 135 Å². The van der Waals surface area contributed by atoms with E-state index in [4.69, 9.17) is 9.84 Å². The molecule has 1 N–H and O–H groups in total. The molecule has 7 heteroatoms. The van der Waals surface area contributed by atoms with Crippen LogP contribution in [0.3, 0.4) is 0 Å². The summed E-state index contributed by atoms with van der Waals surface area (Å²) in [7, 11) is 0. The normalized spacial score (nSPS) is 16.9. The number of hydrogen-bond donors (Lipinski definition) is 1. The van der Waals surface area contributed by atoms with Crippen molar-refractivity contribution in [2.45, 2.75) is 13.0 Å². The Hall–Kier alpha value is 1.02. The maximum absolute atomic E-state index is 9.96. The van der Waals surface area contributed by atoms with Gasteiger partial charge in [-0.25, -0.2) is 4.79 Å². The first-order chi connectivity index (χ1) is 6.06. The van der Waals surface area contributed by atoms with Gasteiger partial charge >= 0.3 is 57.5 Å². The second-order valence-corrected chi connectivity index (χ2v) is 3.01. The number of epoxide rings is 1. The molecular weight excluding hydrogens is 283 g/mol. The van der Waals surface area contributed by atoms with Gasteiger partial charge in [-0.15, -0.1) is 0 Å². The molecule has 0 spiro atoms. The number of carbonyl (C=O) groups excluding carboxylic acids is 1. The third-order valence-corrected chi connectivity index (χ3v) is 1.70. The first kappa shape index (κ1) is 17.4. The fourth-order valence-electron chi connectivity index (χ4n) is 0.320. The topological polar surface area (TPSA) is 76.1 Å². The Morgan fingerprint density at radius 3 is 2.29 bits per heavy atom. The van der Waals surface area contributed by atoms with E-state index in [1.165, 1.54) is 6.92 Å². The van der Waals surface area contributed by atoms with Crippen LogP contribution in [0.5, 0.6) is 0 Å². The minimum Gasteiger partial charge on any atom is -1.00 e. The Balaban J connectivity index is -0.000000180. The zero-order valence-electron chi connectivity index (χ0n) is 9.16. The summed E-state index contributed by atoms with van der Waals surface area (Å²) in [6.07, 6.45) is -0.866. The van der Waals surface area contributed by atoms with Crippen molar-refractivity contribution in [3.05, 3.63) is 0 Å². The van der Waals surface area contributed by atoms with Crippen LogP contribution >= 0.6 is 15.9 Å². The van der Waals surface area contributed by atoms with E-state index in [2.05, 4.69) is 20.7 Å². The van der Waals surface area contributed by atoms with Crippen LogP contribution in [0.25, 0.3) is 0 Å². The van der Waals surface area contributed by atoms with Crippen molar-refractivity contribution in [1.82, 2.24) is 0 Å². The smallest absolute Gasteiger partial charge is 1.00 e. The van der Waals surface area contributed by atoms with E-state index in [9.17, 15) is 9.59 Å². The van der Waals surface area contributed by atoms with Gasteiger partial charge in [0.2, 0.25) is 0 Å². The molecule has 0 radical (unpaired) electrons. The standard InChI is InChI=1S/C4H6O4.C3H5BrO.K.H/c1-3(5)2-8-4(6)7;4-1-3-2-5-3;;/h2H2,1H3,(H,6,7);3H,1-2H2;;/q;;+1;-1. The largest absolute Gasteiger partial charge is 1.00 e. The number of hydrogen-bond acceptors (Lipinski definition) is 4. The van der Waals surface area contributed by atoms with Gasteiger partial charge in [0.05, 0.1) is 12.7 Å². The number of Topliss-reactive ketones (excluding diaryl/α,β-unsaturated/α-hetero) is 1. The predicted molar refractivity (Wildman–Crippen MR) is 49.3 cm³/mol. The first-order valence-corrected chi connectivity index (χ1v) is 4.71. The number of alkyl halides is 1. The van der Waals surface area contributed by atoms with Gasteiger partial charge in [-0.1, -0.05) is 15.9 Å². The number of carboxylic acid groups (broad SMARTS) is 1. The van der Waals surface area contributed by atoms with Crippen LogP contribution in [0.15, 0.2) is 0 Å². The number of ether oxygens (including phenoxy) is 2. The number of rotatable bonds is 3. The molecule has 0 bridgehead atoms. The minimum absolute atomic E-state index is 0. The van der Waals surface area contributed by atoms with Crippen molar-refractivity contribution in [1.29, 1.82) is 0 Å². The third kappa shape index (κ3) is 15.5. The van der Waals surface area contributed by atoms with E-state index in [1.54, 1.807) is 0 Å². The average Bonchev–Trinajstić information content (AvgIpc) is 2.84. The van der Waals surface area contributed by atoms with Gasteiger partial charge in [0.1, 0.15) is 0 Å². The zero-order chi connectivity index (χ0) is 10.3. The van der Waals surface area contributed by atoms with Gasteiger partial charge in [-0.05, 0) is 6.92 Å². The van der Waals surface area contributed by atoms with Crippen LogP contribution in [0.2, 0.25) is 0 Å². The van der Waals surface area contributed by atoms with E-state index < -0.39 is 6.16 Å². The van der Waals surface area contributed by atoms with Crippen molar-refractivity contribution in [2.24, 2.45) is 0 Å². The summed E-state index contributed by atoms with van der Waals surface area (Å²) in [5, 5.41) is 8.79. The summed E-state index contributed by atoms with van der Waals surface area (Å²) in [6, 6.07) is 0. The molecule has 1 saturated heterocycles. The van der Waals surface area contributed by atoms with Gasteiger partial charge in [0.15, 0.2) is 12.4 Å². The molecule has 78 valence electrons. The molecule has 1 atom stereocenters. The van der Waals surface area contributed by atoms with Crippen molar-refractivity contribution in [3.63, 3.8) is 0 Å². The van der Waals surface area contributed by atoms with Crippen molar-refractivity contribution in [3.8, 4) is 0 Å². The SMILES string of the molecule is BrCC1CO1.CC(=O)COC(=O)O.[H-].[K+]. The molecule has 0 amide bonds. The Kier molecular flexibility index (Phi) is 13.1. The van der Waals surface area contributed by atoms with E-state index in [1.807, 2.05) is 0 Å². The zero-order valence-corrected chi connectivity index (χ0v) is 12.9. The fraction of sp³-hybridized carbons (Fsp3) is 0.714. The predicted octanol–water partition coefficient (Wildman–Crippen LogP) is -1.83. The monoisotopic (exact) mass is 294 g/mol.